The highest BCUT2D eigenvalue weighted by molar-refractivity contribution is 5.94. The largest absolute Gasteiger partial charge is 0.461 e. The summed E-state index contributed by atoms with van der Waals surface area (Å²) in [5.41, 5.74) is 2.21. The van der Waals surface area contributed by atoms with Crippen molar-refractivity contribution in [3.05, 3.63) is 113 Å². The van der Waals surface area contributed by atoms with Gasteiger partial charge >= 0.3 is 11.6 Å². The van der Waals surface area contributed by atoms with Gasteiger partial charge in [-0.15, -0.1) is 6.58 Å². The van der Waals surface area contributed by atoms with Crippen LogP contribution in [0.15, 0.2) is 95.2 Å². The summed E-state index contributed by atoms with van der Waals surface area (Å²) in [4.78, 5) is 22.5. The molecule has 0 fully saturated rings. The summed E-state index contributed by atoms with van der Waals surface area (Å²) in [7, 11) is 0. The number of benzene rings is 2. The minimum absolute atomic E-state index is 0.242. The van der Waals surface area contributed by atoms with Crippen molar-refractivity contribution < 1.29 is 19.1 Å². The Labute approximate surface area is 188 Å². The molecule has 2 aromatic carbocycles. The summed E-state index contributed by atoms with van der Waals surface area (Å²) in [5.74, 6) is 0.0301. The number of carbonyl (C=O) groups excluding carboxylic acids is 1. The van der Waals surface area contributed by atoms with E-state index in [0.717, 1.165) is 22.1 Å². The van der Waals surface area contributed by atoms with Gasteiger partial charge in [0.05, 0.1) is 5.39 Å². The van der Waals surface area contributed by atoms with Crippen LogP contribution >= 0.6 is 0 Å². The van der Waals surface area contributed by atoms with E-state index in [2.05, 4.69) is 13.2 Å². The molecule has 0 aliphatic carbocycles. The molecule has 0 aliphatic heterocycles. The maximum Gasteiger partial charge on any atom is 0.343 e. The Bertz CT molecular complexity index is 1150. The first-order valence-electron chi connectivity index (χ1n) is 10.2. The number of hydrogen-bond acceptors (Lipinski definition) is 5. The van der Waals surface area contributed by atoms with Gasteiger partial charge in [-0.1, -0.05) is 73.3 Å². The van der Waals surface area contributed by atoms with E-state index in [0.29, 0.717) is 18.4 Å². The Kier molecular flexibility index (Phi) is 9.39. The van der Waals surface area contributed by atoms with Crippen molar-refractivity contribution in [2.24, 2.45) is 0 Å². The predicted molar refractivity (Wildman–Crippen MR) is 128 cm³/mol. The third-order valence-electron chi connectivity index (χ3n) is 4.53. The van der Waals surface area contributed by atoms with Crippen LogP contribution in [0.5, 0.6) is 0 Å². The molecule has 0 amide bonds. The second kappa shape index (κ2) is 12.2. The monoisotopic (exact) mass is 432 g/mol. The number of ether oxygens (including phenoxy) is 1. The third-order valence-corrected chi connectivity index (χ3v) is 4.53. The average Bonchev–Trinajstić information content (AvgIpc) is 2.79. The van der Waals surface area contributed by atoms with Gasteiger partial charge in [-0.2, -0.15) is 0 Å². The zero-order chi connectivity index (χ0) is 23.5. The van der Waals surface area contributed by atoms with Crippen molar-refractivity contribution >= 4 is 22.3 Å². The lowest BCUT2D eigenvalue weighted by Crippen LogP contribution is -2.09. The van der Waals surface area contributed by atoms with E-state index in [-0.39, 0.29) is 11.7 Å². The molecule has 0 aliphatic rings. The maximum atomic E-state index is 12.1. The SMILES string of the molecule is C=C/C=C(\CC=C)c1c(C(C)O)oc(=O)c2ccccc12.CC(=O)OCc1ccccc1. The summed E-state index contributed by atoms with van der Waals surface area (Å²) in [6.07, 6.45) is 4.99. The Morgan fingerprint density at radius 3 is 2.28 bits per heavy atom. The molecular weight excluding hydrogens is 404 g/mol. The fraction of sp³-hybridized carbons (Fsp3) is 0.185. The fourth-order valence-electron chi connectivity index (χ4n) is 3.15. The first-order valence-corrected chi connectivity index (χ1v) is 10.2. The van der Waals surface area contributed by atoms with E-state index in [1.54, 1.807) is 31.2 Å². The quantitative estimate of drug-likeness (QED) is 0.293. The molecular formula is C27H28O5. The maximum absolute atomic E-state index is 12.1. The number of fused-ring (bicyclic) bond motifs is 1. The predicted octanol–water partition coefficient (Wildman–Crippen LogP) is 5.74. The Morgan fingerprint density at radius 2 is 1.72 bits per heavy atom. The number of aliphatic hydroxyl groups is 1. The van der Waals surface area contributed by atoms with Crippen molar-refractivity contribution in [2.45, 2.75) is 33.0 Å². The normalized spacial score (nSPS) is 11.8. The van der Waals surface area contributed by atoms with Gasteiger partial charge in [-0.3, -0.25) is 4.79 Å². The topological polar surface area (TPSA) is 76.7 Å². The number of rotatable bonds is 7. The van der Waals surface area contributed by atoms with Crippen molar-refractivity contribution in [3.63, 3.8) is 0 Å². The van der Waals surface area contributed by atoms with E-state index >= 15 is 0 Å². The van der Waals surface area contributed by atoms with E-state index in [1.807, 2.05) is 48.5 Å². The van der Waals surface area contributed by atoms with Gasteiger partial charge in [-0.25, -0.2) is 4.79 Å². The molecule has 1 aromatic heterocycles. The molecule has 1 heterocycles. The Morgan fingerprint density at radius 1 is 1.09 bits per heavy atom. The fourth-order valence-corrected chi connectivity index (χ4v) is 3.15. The Balaban J connectivity index is 0.000000278. The summed E-state index contributed by atoms with van der Waals surface area (Å²) in [5, 5.41) is 11.2. The van der Waals surface area contributed by atoms with Gasteiger partial charge < -0.3 is 14.3 Å². The number of aliphatic hydroxyl groups excluding tert-OH is 1. The van der Waals surface area contributed by atoms with E-state index < -0.39 is 11.7 Å². The number of allylic oxidation sites excluding steroid dienone is 4. The first-order chi connectivity index (χ1) is 15.4. The van der Waals surface area contributed by atoms with Gasteiger partial charge in [-0.05, 0) is 35.9 Å². The van der Waals surface area contributed by atoms with Gasteiger partial charge in [0.25, 0.3) is 0 Å². The first kappa shape index (κ1) is 24.6. The molecule has 0 saturated carbocycles. The molecule has 32 heavy (non-hydrogen) atoms. The minimum atomic E-state index is -0.879. The highest BCUT2D eigenvalue weighted by Crippen LogP contribution is 2.32. The molecule has 5 nitrogen and oxygen atoms in total. The highest BCUT2D eigenvalue weighted by atomic mass is 16.5. The van der Waals surface area contributed by atoms with Crippen LogP contribution in [0.25, 0.3) is 16.3 Å². The lowest BCUT2D eigenvalue weighted by Gasteiger charge is -2.15. The molecule has 166 valence electrons. The zero-order valence-corrected chi connectivity index (χ0v) is 18.4. The minimum Gasteiger partial charge on any atom is -0.461 e. The van der Waals surface area contributed by atoms with Crippen molar-refractivity contribution in [1.82, 2.24) is 0 Å². The van der Waals surface area contributed by atoms with E-state index in [9.17, 15) is 14.7 Å². The summed E-state index contributed by atoms with van der Waals surface area (Å²) >= 11 is 0. The molecule has 0 saturated heterocycles. The van der Waals surface area contributed by atoms with E-state index in [1.165, 1.54) is 6.92 Å². The number of hydrogen-bond donors (Lipinski definition) is 1. The third kappa shape index (κ3) is 6.65. The van der Waals surface area contributed by atoms with Gasteiger partial charge in [0.15, 0.2) is 0 Å². The molecule has 3 rings (SSSR count). The van der Waals surface area contributed by atoms with Crippen LogP contribution in [-0.2, 0) is 16.1 Å². The van der Waals surface area contributed by atoms with Crippen LogP contribution in [0.4, 0.5) is 0 Å². The van der Waals surface area contributed by atoms with Crippen LogP contribution < -0.4 is 5.63 Å². The lowest BCUT2D eigenvalue weighted by molar-refractivity contribution is -0.142. The van der Waals surface area contributed by atoms with Gasteiger partial charge in [0.2, 0.25) is 0 Å². The van der Waals surface area contributed by atoms with Crippen LogP contribution in [0, 0.1) is 0 Å². The standard InChI is InChI=1S/C18H18O3.C9H10O2/c1-4-8-13(9-5-2)16-14-10-6-7-11-15(14)18(20)21-17(16)12(3)19;1-8(10)11-7-9-5-3-2-4-6-9/h4-8,10-12,19H,1-2,9H2,3H3;2-6H,7H2,1H3/b13-8+;. The van der Waals surface area contributed by atoms with Crippen LogP contribution in [0.2, 0.25) is 0 Å². The second-order valence-electron chi connectivity index (χ2n) is 7.04. The lowest BCUT2D eigenvalue weighted by atomic mass is 9.94. The van der Waals surface area contributed by atoms with Crippen molar-refractivity contribution in [1.29, 1.82) is 0 Å². The van der Waals surface area contributed by atoms with Crippen molar-refractivity contribution in [3.8, 4) is 0 Å². The molecule has 3 aromatic rings. The van der Waals surface area contributed by atoms with Gasteiger partial charge in [0.1, 0.15) is 18.5 Å². The number of carbonyl (C=O) groups is 1. The highest BCUT2D eigenvalue weighted by Gasteiger charge is 2.19. The number of esters is 1. The molecule has 1 N–H and O–H groups in total. The van der Waals surface area contributed by atoms with Crippen LogP contribution in [-0.4, -0.2) is 11.1 Å². The smallest absolute Gasteiger partial charge is 0.343 e. The van der Waals surface area contributed by atoms with Crippen molar-refractivity contribution in [2.75, 3.05) is 0 Å². The second-order valence-corrected chi connectivity index (χ2v) is 7.04. The summed E-state index contributed by atoms with van der Waals surface area (Å²) in [6.45, 7) is 10.8. The molecule has 1 unspecified atom stereocenters. The van der Waals surface area contributed by atoms with Crippen LogP contribution in [0.1, 0.15) is 43.3 Å². The zero-order valence-electron chi connectivity index (χ0n) is 18.4. The van der Waals surface area contributed by atoms with Crippen LogP contribution in [0.3, 0.4) is 0 Å². The van der Waals surface area contributed by atoms with E-state index in [4.69, 9.17) is 9.15 Å². The Hall–Kier alpha value is -3.70. The summed E-state index contributed by atoms with van der Waals surface area (Å²) in [6, 6.07) is 16.8. The molecule has 1 atom stereocenters. The summed E-state index contributed by atoms with van der Waals surface area (Å²) < 4.78 is 10.1. The average molecular weight is 433 g/mol. The molecule has 5 heteroatoms. The molecule has 0 radical (unpaired) electrons. The molecule has 0 spiro atoms. The molecule has 0 bridgehead atoms. The van der Waals surface area contributed by atoms with Gasteiger partial charge in [0, 0.05) is 12.5 Å².